The van der Waals surface area contributed by atoms with Crippen molar-refractivity contribution in [1.82, 2.24) is 15.5 Å². The number of aromatic hydroxyl groups is 1. The zero-order valence-electron chi connectivity index (χ0n) is 33.7. The van der Waals surface area contributed by atoms with E-state index in [4.69, 9.17) is 33.2 Å². The number of nitrogens with one attached hydrogen (secondary N) is 2. The molecule has 14 heteroatoms. The Kier molecular flexibility index (Phi) is 11.2. The van der Waals surface area contributed by atoms with Gasteiger partial charge in [0.15, 0.2) is 34.5 Å². The molecule has 0 amide bonds. The zero-order chi connectivity index (χ0) is 40.1. The number of carbonyl (C=O) groups is 2. The molecule has 306 valence electrons. The van der Waals surface area contributed by atoms with Crippen molar-refractivity contribution in [2.24, 2.45) is 0 Å². The van der Waals surface area contributed by atoms with Crippen LogP contribution in [0.2, 0.25) is 0 Å². The Morgan fingerprint density at radius 1 is 0.982 bits per heavy atom. The van der Waals surface area contributed by atoms with Gasteiger partial charge < -0.3 is 48.9 Å². The second-order valence-corrected chi connectivity index (χ2v) is 16.5. The van der Waals surface area contributed by atoms with Gasteiger partial charge in [0.1, 0.15) is 18.4 Å². The van der Waals surface area contributed by atoms with Crippen LogP contribution in [0.5, 0.6) is 40.2 Å². The van der Waals surface area contributed by atoms with E-state index in [1.807, 2.05) is 14.0 Å². The minimum absolute atomic E-state index is 0.0109. The molecule has 3 aromatic carbocycles. The van der Waals surface area contributed by atoms with Crippen LogP contribution in [0.15, 0.2) is 18.2 Å². The fraction of sp³-hybridized carbons (Fsp3) is 0.535. The molecule has 3 unspecified atom stereocenters. The second-order valence-electron chi connectivity index (χ2n) is 15.5. The number of hydrogen-bond acceptors (Lipinski definition) is 14. The molecule has 4 aliphatic heterocycles. The molecule has 3 N–H and O–H groups in total. The number of likely N-dealkylation sites (N-methyl/N-ethyl adjacent to an activating group) is 1. The van der Waals surface area contributed by atoms with Gasteiger partial charge in [-0.05, 0) is 107 Å². The van der Waals surface area contributed by atoms with Crippen molar-refractivity contribution in [3.8, 4) is 40.2 Å². The van der Waals surface area contributed by atoms with E-state index < -0.39 is 24.0 Å². The fourth-order valence-electron chi connectivity index (χ4n) is 9.58. The summed E-state index contributed by atoms with van der Waals surface area (Å²) in [6.45, 7) is 6.59. The summed E-state index contributed by atoms with van der Waals surface area (Å²) in [6, 6.07) is 3.80. The quantitative estimate of drug-likeness (QED) is 0.161. The lowest BCUT2D eigenvalue weighted by atomic mass is 9.78. The third-order valence-electron chi connectivity index (χ3n) is 12.3. The highest BCUT2D eigenvalue weighted by Crippen LogP contribution is 2.60. The summed E-state index contributed by atoms with van der Waals surface area (Å²) in [5.41, 5.74) is 7.16. The summed E-state index contributed by atoms with van der Waals surface area (Å²) < 4.78 is 43.3. The van der Waals surface area contributed by atoms with Gasteiger partial charge in [-0.2, -0.15) is 11.8 Å². The van der Waals surface area contributed by atoms with Crippen LogP contribution in [0.4, 0.5) is 0 Å². The molecular weight excluding hydrogens is 751 g/mol. The van der Waals surface area contributed by atoms with Crippen molar-refractivity contribution in [2.45, 2.75) is 94.8 Å². The number of methoxy groups -OCH3 is 2. The number of carbonyl (C=O) groups excluding carboxylic acids is 2. The summed E-state index contributed by atoms with van der Waals surface area (Å²) >= 11 is 1.68. The minimum atomic E-state index is -0.771. The molecule has 0 aromatic heterocycles. The average Bonchev–Trinajstić information content (AvgIpc) is 3.67. The zero-order valence-corrected chi connectivity index (χ0v) is 34.6. The number of aryl methyl sites for hydroxylation is 2. The Bertz CT molecular complexity index is 2070. The highest BCUT2D eigenvalue weighted by atomic mass is 32.2. The number of ether oxygens (including phenoxy) is 7. The van der Waals surface area contributed by atoms with Crippen molar-refractivity contribution in [3.05, 3.63) is 62.7 Å². The van der Waals surface area contributed by atoms with Gasteiger partial charge in [0.05, 0.1) is 37.7 Å². The highest BCUT2D eigenvalue weighted by molar-refractivity contribution is 7.98. The maximum atomic E-state index is 14.3. The number of nitrogens with zero attached hydrogens (tertiary/aromatic N) is 1. The molecule has 8 rings (SSSR count). The molecule has 5 atom stereocenters. The Hall–Kier alpha value is -4.37. The maximum absolute atomic E-state index is 14.3. The second kappa shape index (κ2) is 16.1. The molecule has 0 spiro atoms. The number of fused-ring (bicyclic) bond motifs is 6. The number of hydrogen-bond donors (Lipinski definition) is 3. The summed E-state index contributed by atoms with van der Waals surface area (Å²) in [4.78, 5) is 29.6. The summed E-state index contributed by atoms with van der Waals surface area (Å²) in [5.74, 6) is 2.47. The third-order valence-corrected chi connectivity index (χ3v) is 13.3. The molecule has 57 heavy (non-hydrogen) atoms. The Morgan fingerprint density at radius 2 is 1.77 bits per heavy atom. The van der Waals surface area contributed by atoms with Gasteiger partial charge in [-0.3, -0.25) is 9.69 Å². The molecule has 1 saturated carbocycles. The Balaban J connectivity index is 1.28. The first kappa shape index (κ1) is 39.5. The van der Waals surface area contributed by atoms with Gasteiger partial charge in [-0.15, -0.1) is 0 Å². The summed E-state index contributed by atoms with van der Waals surface area (Å²) in [6.07, 6.45) is 7.57. The van der Waals surface area contributed by atoms with Crippen LogP contribution in [0, 0.1) is 13.8 Å². The van der Waals surface area contributed by atoms with Crippen LogP contribution < -0.4 is 39.1 Å². The minimum Gasteiger partial charge on any atom is -0.504 e. The lowest BCUT2D eigenvalue weighted by Crippen LogP contribution is -2.54. The third kappa shape index (κ3) is 6.81. The molecule has 1 aliphatic carbocycles. The molecule has 13 nitrogen and oxygen atoms in total. The molecule has 5 aliphatic rings. The Labute approximate surface area is 338 Å². The first-order valence-corrected chi connectivity index (χ1v) is 21.2. The van der Waals surface area contributed by atoms with Crippen LogP contribution in [-0.4, -0.2) is 88.1 Å². The molecule has 0 saturated heterocycles. The van der Waals surface area contributed by atoms with E-state index in [2.05, 4.69) is 34.8 Å². The van der Waals surface area contributed by atoms with Gasteiger partial charge in [-0.1, -0.05) is 6.07 Å². The van der Waals surface area contributed by atoms with Gasteiger partial charge in [0.2, 0.25) is 6.79 Å². The van der Waals surface area contributed by atoms with Crippen molar-refractivity contribution in [3.63, 3.8) is 0 Å². The maximum Gasteiger partial charge on any atom is 0.327 e. The number of thioether (sulfide) groups is 1. The number of phenolic OH excluding ortho intramolecular Hbond substituents is 1. The lowest BCUT2D eigenvalue weighted by molar-refractivity contribution is -0.149. The molecule has 4 heterocycles. The van der Waals surface area contributed by atoms with E-state index in [-0.39, 0.29) is 48.3 Å². The van der Waals surface area contributed by atoms with Crippen LogP contribution in [0.25, 0.3) is 0 Å². The van der Waals surface area contributed by atoms with Crippen LogP contribution >= 0.6 is 11.8 Å². The first-order chi connectivity index (χ1) is 27.6. The lowest BCUT2D eigenvalue weighted by Gasteiger charge is -2.51. The van der Waals surface area contributed by atoms with E-state index in [1.54, 1.807) is 31.0 Å². The van der Waals surface area contributed by atoms with Crippen molar-refractivity contribution in [2.75, 3.05) is 54.0 Å². The topological polar surface area (TPSA) is 146 Å². The van der Waals surface area contributed by atoms with Gasteiger partial charge in [0.25, 0.3) is 0 Å². The monoisotopic (exact) mass is 803 g/mol. The molecule has 0 bridgehead atoms. The smallest absolute Gasteiger partial charge is 0.327 e. The van der Waals surface area contributed by atoms with E-state index >= 15 is 0 Å². The van der Waals surface area contributed by atoms with E-state index in [0.717, 1.165) is 71.4 Å². The standard InChI is InChI=1S/C43H53N3O10S/c1-21-16-25-10-9-15-46-28(19-52-43(49)34-27-18-30(50-5)29(48)17-24(27)13-14-45-34)32-33(38(55-23(3)47)22(2)39-40(32)54-20-53-39)42(57-7)36(46)35(44-4)31(25)41(37(21)51-6)56-26-11-8-12-26/h16-18,26,28,34-36,42,44-45,48H,8-15,19-20H2,1-7H3/t28-,34?,35+,36?,42?/m0/s1. The summed E-state index contributed by atoms with van der Waals surface area (Å²) in [5, 5.41) is 17.3. The number of benzene rings is 3. The number of rotatable bonds is 10. The van der Waals surface area contributed by atoms with E-state index in [1.165, 1.54) is 19.6 Å². The van der Waals surface area contributed by atoms with Gasteiger partial charge in [-0.25, -0.2) is 4.79 Å². The number of esters is 2. The van der Waals surface area contributed by atoms with Gasteiger partial charge >= 0.3 is 11.9 Å². The van der Waals surface area contributed by atoms with E-state index in [9.17, 15) is 14.7 Å². The fourth-order valence-corrected chi connectivity index (χ4v) is 10.6. The molecule has 1 fully saturated rings. The summed E-state index contributed by atoms with van der Waals surface area (Å²) in [7, 11) is 5.17. The first-order valence-electron chi connectivity index (χ1n) is 19.9. The molecule has 0 radical (unpaired) electrons. The SMILES string of the molecule is CN[C@@H]1c2c(cc(C)c(OC)c2OC2CCC2)CCCN2C1C(SC)c1c(OC(C)=O)c(C)c3c(c1[C@@H]2COC(=O)C1NCCc2cc(O)c(OC)cc21)OCO3. The highest BCUT2D eigenvalue weighted by Gasteiger charge is 2.51. The Morgan fingerprint density at radius 3 is 2.46 bits per heavy atom. The molecular formula is C43H53N3O10S. The predicted molar refractivity (Wildman–Crippen MR) is 214 cm³/mol. The van der Waals surface area contributed by atoms with E-state index in [0.29, 0.717) is 47.9 Å². The van der Waals surface area contributed by atoms with Crippen LogP contribution in [0.1, 0.15) is 100 Å². The predicted octanol–water partition coefficient (Wildman–Crippen LogP) is 6.08. The molecule has 3 aromatic rings. The van der Waals surface area contributed by atoms with Crippen molar-refractivity contribution >= 4 is 23.7 Å². The normalized spacial score (nSPS) is 23.7. The number of phenols is 1. The average molecular weight is 804 g/mol. The van der Waals surface area contributed by atoms with Crippen molar-refractivity contribution in [1.29, 1.82) is 0 Å². The van der Waals surface area contributed by atoms with Crippen molar-refractivity contribution < 1.29 is 47.9 Å². The van der Waals surface area contributed by atoms with Crippen LogP contribution in [0.3, 0.4) is 0 Å². The largest absolute Gasteiger partial charge is 0.504 e. The van der Waals surface area contributed by atoms with Crippen LogP contribution in [-0.2, 0) is 27.2 Å². The van der Waals surface area contributed by atoms with Gasteiger partial charge in [0, 0.05) is 41.8 Å².